The van der Waals surface area contributed by atoms with E-state index in [4.69, 9.17) is 0 Å². The van der Waals surface area contributed by atoms with Gasteiger partial charge in [-0.1, -0.05) is 137 Å². The van der Waals surface area contributed by atoms with Crippen LogP contribution in [-0.4, -0.2) is 34.8 Å². The van der Waals surface area contributed by atoms with Crippen molar-refractivity contribution in [2.24, 2.45) is 0 Å². The van der Waals surface area contributed by atoms with E-state index in [1.54, 1.807) is 24.3 Å². The van der Waals surface area contributed by atoms with Gasteiger partial charge in [0.05, 0.1) is 19.2 Å². The molecule has 0 radical (unpaired) electrons. The SMILES string of the molecule is C/C=C\C=C/CC.C=C/C=C(\C=C/CO)CN1C(=O)C(CC)(Cc2ccccc2C)NC(c2ccc(O)cc2)c2cc(C)ccc21.CC. The predicted molar refractivity (Wildman–Crippen MR) is 205 cm³/mol. The number of amides is 1. The smallest absolute Gasteiger partial charge is 0.247 e. The number of benzene rings is 3. The lowest BCUT2D eigenvalue weighted by molar-refractivity contribution is -0.125. The highest BCUT2D eigenvalue weighted by Gasteiger charge is 2.46. The number of allylic oxidation sites excluding steroid dienone is 6. The van der Waals surface area contributed by atoms with Crippen molar-refractivity contribution in [1.82, 2.24) is 5.32 Å². The first-order valence-corrected chi connectivity index (χ1v) is 17.1. The van der Waals surface area contributed by atoms with E-state index in [1.807, 2.05) is 86.4 Å². The molecule has 0 bridgehead atoms. The van der Waals surface area contributed by atoms with Crippen LogP contribution in [0.5, 0.6) is 5.75 Å². The molecule has 0 saturated carbocycles. The molecule has 0 spiro atoms. The summed E-state index contributed by atoms with van der Waals surface area (Å²) in [6, 6.07) is 21.3. The third-order valence-corrected chi connectivity index (χ3v) is 8.23. The number of aliphatic hydroxyl groups is 1. The molecule has 0 fully saturated rings. The van der Waals surface area contributed by atoms with Gasteiger partial charge in [0.25, 0.3) is 0 Å². The van der Waals surface area contributed by atoms with E-state index in [2.05, 4.69) is 69.9 Å². The average molecular weight is 649 g/mol. The number of aromatic hydroxyl groups is 1. The number of carbonyl (C=O) groups is 1. The first-order chi connectivity index (χ1) is 23.2. The molecule has 1 aliphatic heterocycles. The molecule has 5 nitrogen and oxygen atoms in total. The summed E-state index contributed by atoms with van der Waals surface area (Å²) in [5.74, 6) is 0.193. The van der Waals surface area contributed by atoms with Crippen LogP contribution in [0.25, 0.3) is 0 Å². The van der Waals surface area contributed by atoms with Crippen LogP contribution < -0.4 is 10.2 Å². The first-order valence-electron chi connectivity index (χ1n) is 17.1. The number of aryl methyl sites for hydroxylation is 2. The van der Waals surface area contributed by atoms with Gasteiger partial charge in [-0.3, -0.25) is 10.1 Å². The Morgan fingerprint density at radius 2 is 1.71 bits per heavy atom. The molecule has 1 heterocycles. The molecule has 3 aromatic rings. The van der Waals surface area contributed by atoms with Gasteiger partial charge >= 0.3 is 0 Å². The van der Waals surface area contributed by atoms with Crippen LogP contribution in [0.3, 0.4) is 0 Å². The average Bonchev–Trinajstić information content (AvgIpc) is 3.19. The van der Waals surface area contributed by atoms with Crippen molar-refractivity contribution in [2.45, 2.75) is 79.3 Å². The quantitative estimate of drug-likeness (QED) is 0.181. The lowest BCUT2D eigenvalue weighted by Gasteiger charge is -2.37. The highest BCUT2D eigenvalue weighted by molar-refractivity contribution is 6.02. The highest BCUT2D eigenvalue weighted by atomic mass is 16.3. The van der Waals surface area contributed by atoms with Gasteiger partial charge < -0.3 is 15.1 Å². The molecule has 4 rings (SSSR count). The number of carbonyl (C=O) groups excluding carboxylic acids is 1. The Hall–Kier alpha value is -4.45. The van der Waals surface area contributed by atoms with E-state index in [1.165, 1.54) is 0 Å². The van der Waals surface area contributed by atoms with Crippen LogP contribution in [0.4, 0.5) is 5.69 Å². The normalized spacial score (nSPS) is 17.8. The minimum atomic E-state index is -0.901. The Bertz CT molecular complexity index is 1570. The van der Waals surface area contributed by atoms with Gasteiger partial charge in [0.15, 0.2) is 0 Å². The summed E-state index contributed by atoms with van der Waals surface area (Å²) in [5, 5.41) is 23.3. The van der Waals surface area contributed by atoms with E-state index in [0.717, 1.165) is 45.5 Å². The largest absolute Gasteiger partial charge is 0.508 e. The maximum absolute atomic E-state index is 14.8. The van der Waals surface area contributed by atoms with Gasteiger partial charge in [-0.25, -0.2) is 0 Å². The summed E-state index contributed by atoms with van der Waals surface area (Å²) in [6.07, 6.45) is 17.6. The van der Waals surface area contributed by atoms with Gasteiger partial charge in [0, 0.05) is 5.69 Å². The standard InChI is InChI=1S/C34H38N2O3.C7H12.C2H6/c1-5-10-26(12-9-20-37)23-36-31-19-14-24(3)21-30(31)32(27-15-17-29(38)18-16-27)35-34(6-2,33(36)39)22-28-13-8-7-11-25(28)4;1-3-5-7-6-4-2;1-2/h5,7-19,21,32,35,37-38H,1,6,20,22-23H2,2-4H3;3,5-7H,4H2,1-2H3;1-2H3/b12-9-,26-10+;5-3-,7-6-;. The second kappa shape index (κ2) is 20.7. The third-order valence-electron chi connectivity index (χ3n) is 8.23. The molecular formula is C43H56N2O3. The Labute approximate surface area is 289 Å². The van der Waals surface area contributed by atoms with Crippen molar-refractivity contribution in [3.8, 4) is 5.75 Å². The third kappa shape index (κ3) is 10.8. The van der Waals surface area contributed by atoms with Crippen LogP contribution in [0, 0.1) is 13.8 Å². The van der Waals surface area contributed by atoms with E-state index < -0.39 is 5.54 Å². The van der Waals surface area contributed by atoms with Crippen LogP contribution in [0.15, 0.2) is 127 Å². The summed E-state index contributed by atoms with van der Waals surface area (Å²) < 4.78 is 0. The number of rotatable bonds is 11. The van der Waals surface area contributed by atoms with Gasteiger partial charge in [-0.05, 0) is 86.1 Å². The fourth-order valence-corrected chi connectivity index (χ4v) is 5.68. The number of anilines is 1. The highest BCUT2D eigenvalue weighted by Crippen LogP contribution is 2.40. The maximum atomic E-state index is 14.8. The monoisotopic (exact) mass is 648 g/mol. The molecular weight excluding hydrogens is 592 g/mol. The zero-order valence-electron chi connectivity index (χ0n) is 30.0. The van der Waals surface area contributed by atoms with E-state index in [0.29, 0.717) is 19.4 Å². The van der Waals surface area contributed by atoms with Crippen LogP contribution >= 0.6 is 0 Å². The van der Waals surface area contributed by atoms with Gasteiger partial charge in [0.1, 0.15) is 11.3 Å². The number of phenolic OH excluding ortho intramolecular Hbond substituents is 1. The van der Waals surface area contributed by atoms with Crippen molar-refractivity contribution < 1.29 is 15.0 Å². The number of hydrogen-bond acceptors (Lipinski definition) is 4. The van der Waals surface area contributed by atoms with Crippen molar-refractivity contribution in [3.63, 3.8) is 0 Å². The minimum Gasteiger partial charge on any atom is -0.508 e. The first kappa shape index (κ1) is 39.7. The Morgan fingerprint density at radius 3 is 2.31 bits per heavy atom. The fraction of sp³-hybridized carbons (Fsp3) is 0.326. The summed E-state index contributed by atoms with van der Waals surface area (Å²) in [7, 11) is 0. The number of hydrogen-bond donors (Lipinski definition) is 3. The second-order valence-corrected chi connectivity index (χ2v) is 11.6. The molecule has 3 N–H and O–H groups in total. The maximum Gasteiger partial charge on any atom is 0.247 e. The van der Waals surface area contributed by atoms with Gasteiger partial charge in [0.2, 0.25) is 5.91 Å². The molecule has 0 saturated heterocycles. The van der Waals surface area contributed by atoms with Crippen molar-refractivity contribution in [3.05, 3.63) is 155 Å². The molecule has 1 amide bonds. The van der Waals surface area contributed by atoms with Gasteiger partial charge in [-0.2, -0.15) is 0 Å². The zero-order chi connectivity index (χ0) is 35.5. The summed E-state index contributed by atoms with van der Waals surface area (Å²) in [4.78, 5) is 16.7. The van der Waals surface area contributed by atoms with Crippen LogP contribution in [0.1, 0.15) is 81.3 Å². The molecule has 2 unspecified atom stereocenters. The Kier molecular flexibility index (Phi) is 17.1. The Morgan fingerprint density at radius 1 is 1.00 bits per heavy atom. The molecule has 2 atom stereocenters. The molecule has 0 aliphatic carbocycles. The summed E-state index contributed by atoms with van der Waals surface area (Å²) in [5.41, 5.74) is 6.12. The zero-order valence-corrected chi connectivity index (χ0v) is 30.0. The van der Waals surface area contributed by atoms with Crippen molar-refractivity contribution in [2.75, 3.05) is 18.1 Å². The van der Waals surface area contributed by atoms with Crippen molar-refractivity contribution >= 4 is 11.6 Å². The molecule has 48 heavy (non-hydrogen) atoms. The molecule has 5 heteroatoms. The minimum absolute atomic E-state index is 0.00741. The van der Waals surface area contributed by atoms with Gasteiger partial charge in [-0.15, -0.1) is 0 Å². The topological polar surface area (TPSA) is 72.8 Å². The van der Waals surface area contributed by atoms with Crippen molar-refractivity contribution in [1.29, 1.82) is 0 Å². The van der Waals surface area contributed by atoms with E-state index in [9.17, 15) is 15.0 Å². The number of nitrogens with zero attached hydrogens (tertiary/aromatic N) is 1. The predicted octanol–water partition coefficient (Wildman–Crippen LogP) is 9.64. The van der Waals surface area contributed by atoms with E-state index in [-0.39, 0.29) is 24.3 Å². The van der Waals surface area contributed by atoms with E-state index >= 15 is 0 Å². The number of aliphatic hydroxyl groups excluding tert-OH is 1. The second-order valence-electron chi connectivity index (χ2n) is 11.6. The molecule has 1 aliphatic rings. The molecule has 3 aromatic carbocycles. The van der Waals surface area contributed by atoms with Crippen LogP contribution in [0.2, 0.25) is 0 Å². The molecule has 0 aromatic heterocycles. The van der Waals surface area contributed by atoms with Crippen LogP contribution in [-0.2, 0) is 11.2 Å². The Balaban J connectivity index is 0.000000790. The lowest BCUT2D eigenvalue weighted by atomic mass is 9.84. The summed E-state index contributed by atoms with van der Waals surface area (Å²) >= 11 is 0. The lowest BCUT2D eigenvalue weighted by Crippen LogP contribution is -2.59. The number of nitrogens with one attached hydrogen (secondary N) is 1. The number of phenols is 1. The number of fused-ring (bicyclic) bond motifs is 1. The molecule has 256 valence electrons. The fourth-order valence-electron chi connectivity index (χ4n) is 5.68. The summed E-state index contributed by atoms with van der Waals surface area (Å²) in [6.45, 7) is 18.4.